The molecule has 2 heteroatoms. The largest absolute Gasteiger partial charge is 0.455 e. The minimum Gasteiger partial charge on any atom is -0.455 e. The standard InChI is InChI=1S/C58H43NO/c1-57(2)51-23-12-10-18-43(51)44-31-29-40(34-53(44)57)59(38-27-25-37(26-28-38)41-21-14-22-47-45-19-11-13-24-54(45)60-56(41)47)39-30-32-52-49(33-39)50-35-48(36-15-6-5-7-16-36)42-17-8-9-20-46(42)55(50)58(52,3)4/h5-35H,1-4H3. The van der Waals surface area contributed by atoms with Crippen LogP contribution in [-0.4, -0.2) is 0 Å². The lowest BCUT2D eigenvalue weighted by Crippen LogP contribution is -2.17. The lowest BCUT2D eigenvalue weighted by atomic mass is 9.79. The predicted octanol–water partition coefficient (Wildman–Crippen LogP) is 16.2. The zero-order valence-electron chi connectivity index (χ0n) is 34.3. The second-order valence-electron chi connectivity index (χ2n) is 17.7. The van der Waals surface area contributed by atoms with Gasteiger partial charge in [0.25, 0.3) is 0 Å². The number of nitrogens with zero attached hydrogens (tertiary/aromatic N) is 1. The van der Waals surface area contributed by atoms with E-state index in [9.17, 15) is 0 Å². The highest BCUT2D eigenvalue weighted by Gasteiger charge is 2.39. The molecule has 286 valence electrons. The highest BCUT2D eigenvalue weighted by Crippen LogP contribution is 2.55. The summed E-state index contributed by atoms with van der Waals surface area (Å²) in [5.74, 6) is 0. The van der Waals surface area contributed by atoms with Crippen LogP contribution in [0.3, 0.4) is 0 Å². The van der Waals surface area contributed by atoms with Gasteiger partial charge in [-0.2, -0.15) is 0 Å². The molecule has 0 fully saturated rings. The summed E-state index contributed by atoms with van der Waals surface area (Å²) in [6.45, 7) is 9.52. The Labute approximate surface area is 351 Å². The van der Waals surface area contributed by atoms with E-state index in [0.29, 0.717) is 0 Å². The predicted molar refractivity (Wildman–Crippen MR) is 252 cm³/mol. The molecule has 12 rings (SSSR count). The van der Waals surface area contributed by atoms with E-state index in [-0.39, 0.29) is 10.8 Å². The van der Waals surface area contributed by atoms with Crippen LogP contribution in [0.15, 0.2) is 192 Å². The Kier molecular flexibility index (Phi) is 7.36. The van der Waals surface area contributed by atoms with Crippen molar-refractivity contribution in [2.75, 3.05) is 4.90 Å². The minimum absolute atomic E-state index is 0.126. The molecule has 0 bridgehead atoms. The van der Waals surface area contributed by atoms with Gasteiger partial charge in [0.05, 0.1) is 0 Å². The van der Waals surface area contributed by atoms with Crippen LogP contribution in [0.5, 0.6) is 0 Å². The van der Waals surface area contributed by atoms with Gasteiger partial charge in [0.1, 0.15) is 11.2 Å². The third-order valence-corrected chi connectivity index (χ3v) is 13.6. The zero-order chi connectivity index (χ0) is 40.3. The monoisotopic (exact) mass is 769 g/mol. The van der Waals surface area contributed by atoms with Gasteiger partial charge in [0, 0.05) is 44.2 Å². The molecule has 2 nitrogen and oxygen atoms in total. The molecular weight excluding hydrogens is 727 g/mol. The molecule has 0 aliphatic heterocycles. The van der Waals surface area contributed by atoms with Crippen molar-refractivity contribution in [1.29, 1.82) is 0 Å². The van der Waals surface area contributed by atoms with E-state index in [2.05, 4.69) is 215 Å². The highest BCUT2D eigenvalue weighted by molar-refractivity contribution is 6.10. The molecule has 0 amide bonds. The van der Waals surface area contributed by atoms with Crippen LogP contribution in [0.4, 0.5) is 17.1 Å². The van der Waals surface area contributed by atoms with Crippen molar-refractivity contribution in [3.05, 3.63) is 210 Å². The first-order valence-electron chi connectivity index (χ1n) is 21.1. The van der Waals surface area contributed by atoms with Crippen molar-refractivity contribution in [3.63, 3.8) is 0 Å². The van der Waals surface area contributed by atoms with Crippen molar-refractivity contribution in [2.45, 2.75) is 38.5 Å². The summed E-state index contributed by atoms with van der Waals surface area (Å²) in [6, 6.07) is 69.3. The van der Waals surface area contributed by atoms with Crippen LogP contribution in [0, 0.1) is 0 Å². The number of benzene rings is 9. The average molecular weight is 770 g/mol. The summed E-state index contributed by atoms with van der Waals surface area (Å²) < 4.78 is 6.48. The maximum Gasteiger partial charge on any atom is 0.143 e. The van der Waals surface area contributed by atoms with Gasteiger partial charge in [0.15, 0.2) is 0 Å². The van der Waals surface area contributed by atoms with Crippen LogP contribution in [-0.2, 0) is 10.8 Å². The maximum atomic E-state index is 6.48. The molecule has 0 N–H and O–H groups in total. The molecule has 1 aromatic heterocycles. The second-order valence-corrected chi connectivity index (χ2v) is 17.7. The molecule has 0 atom stereocenters. The molecule has 0 unspecified atom stereocenters. The first-order chi connectivity index (χ1) is 29.3. The van der Waals surface area contributed by atoms with Gasteiger partial charge < -0.3 is 9.32 Å². The van der Waals surface area contributed by atoms with E-state index in [1.807, 2.05) is 6.07 Å². The quantitative estimate of drug-likeness (QED) is 0.173. The van der Waals surface area contributed by atoms with Crippen LogP contribution < -0.4 is 4.90 Å². The number of hydrogen-bond acceptors (Lipinski definition) is 2. The van der Waals surface area contributed by atoms with E-state index in [1.165, 1.54) is 66.4 Å². The fraction of sp³-hybridized carbons (Fsp3) is 0.103. The Morgan fingerprint density at radius 3 is 1.78 bits per heavy atom. The molecule has 0 saturated heterocycles. The van der Waals surface area contributed by atoms with Crippen LogP contribution in [0.25, 0.3) is 77.2 Å². The summed E-state index contributed by atoms with van der Waals surface area (Å²) in [4.78, 5) is 2.45. The SMILES string of the molecule is CC1(C)c2ccccc2-c2ccc(N(c3ccc(-c4cccc5c4oc4ccccc45)cc3)c3ccc4c(c3)-c3cc(-c5ccccc5)c5ccccc5c3C4(C)C)cc21. The zero-order valence-corrected chi connectivity index (χ0v) is 34.3. The molecule has 2 aliphatic carbocycles. The van der Waals surface area contributed by atoms with Gasteiger partial charge in [-0.3, -0.25) is 0 Å². The van der Waals surface area contributed by atoms with E-state index in [0.717, 1.165) is 50.1 Å². The molecule has 10 aromatic rings. The summed E-state index contributed by atoms with van der Waals surface area (Å²) >= 11 is 0. The number of hydrogen-bond donors (Lipinski definition) is 0. The Balaban J connectivity index is 1.05. The topological polar surface area (TPSA) is 16.4 Å². The summed E-state index contributed by atoms with van der Waals surface area (Å²) in [6.07, 6.45) is 0. The Bertz CT molecular complexity index is 3370. The molecule has 1 heterocycles. The number of para-hydroxylation sites is 2. The number of furan rings is 1. The van der Waals surface area contributed by atoms with E-state index in [1.54, 1.807) is 0 Å². The summed E-state index contributed by atoms with van der Waals surface area (Å²) in [7, 11) is 0. The van der Waals surface area contributed by atoms with E-state index >= 15 is 0 Å². The first kappa shape index (κ1) is 34.8. The Morgan fingerprint density at radius 2 is 0.950 bits per heavy atom. The summed E-state index contributed by atoms with van der Waals surface area (Å²) in [5, 5.41) is 4.90. The number of rotatable bonds is 5. The van der Waals surface area contributed by atoms with E-state index < -0.39 is 0 Å². The molecule has 0 spiro atoms. The molecule has 60 heavy (non-hydrogen) atoms. The van der Waals surface area contributed by atoms with Gasteiger partial charge in [0.2, 0.25) is 0 Å². The molecular formula is C58H43NO. The lowest BCUT2D eigenvalue weighted by molar-refractivity contribution is 0.660. The molecule has 9 aromatic carbocycles. The smallest absolute Gasteiger partial charge is 0.143 e. The summed E-state index contributed by atoms with van der Waals surface area (Å²) in [5.41, 5.74) is 20.4. The first-order valence-corrected chi connectivity index (χ1v) is 21.1. The van der Waals surface area contributed by atoms with Crippen molar-refractivity contribution in [1.82, 2.24) is 0 Å². The van der Waals surface area contributed by atoms with Crippen molar-refractivity contribution in [3.8, 4) is 44.5 Å². The van der Waals surface area contributed by atoms with Crippen molar-refractivity contribution in [2.24, 2.45) is 0 Å². The minimum atomic E-state index is -0.175. The van der Waals surface area contributed by atoms with Crippen molar-refractivity contribution >= 4 is 49.8 Å². The average Bonchev–Trinajstić information content (AvgIpc) is 3.86. The fourth-order valence-electron chi connectivity index (χ4n) is 10.7. The molecule has 2 aliphatic rings. The van der Waals surface area contributed by atoms with Gasteiger partial charge in [-0.05, 0) is 121 Å². The lowest BCUT2D eigenvalue weighted by Gasteiger charge is -2.29. The third-order valence-electron chi connectivity index (χ3n) is 13.6. The molecule has 0 radical (unpaired) electrons. The van der Waals surface area contributed by atoms with Crippen molar-refractivity contribution < 1.29 is 4.42 Å². The number of fused-ring (bicyclic) bond motifs is 11. The molecule has 0 saturated carbocycles. The van der Waals surface area contributed by atoms with Gasteiger partial charge in [-0.1, -0.05) is 167 Å². The third kappa shape index (κ3) is 4.94. The Hall–Kier alpha value is -7.16. The Morgan fingerprint density at radius 1 is 0.350 bits per heavy atom. The van der Waals surface area contributed by atoms with Crippen LogP contribution in [0.2, 0.25) is 0 Å². The van der Waals surface area contributed by atoms with Crippen LogP contribution >= 0.6 is 0 Å². The van der Waals surface area contributed by atoms with Gasteiger partial charge in [-0.15, -0.1) is 0 Å². The van der Waals surface area contributed by atoms with E-state index in [4.69, 9.17) is 4.42 Å². The van der Waals surface area contributed by atoms with Crippen LogP contribution in [0.1, 0.15) is 49.9 Å². The maximum absolute atomic E-state index is 6.48. The van der Waals surface area contributed by atoms with Gasteiger partial charge in [-0.25, -0.2) is 0 Å². The normalized spacial score (nSPS) is 14.3. The van der Waals surface area contributed by atoms with Gasteiger partial charge >= 0.3 is 0 Å². The number of anilines is 3. The second kappa shape index (κ2) is 12.7. The fourth-order valence-corrected chi connectivity index (χ4v) is 10.7. The highest BCUT2D eigenvalue weighted by atomic mass is 16.3.